The summed E-state index contributed by atoms with van der Waals surface area (Å²) in [6, 6.07) is -1.01. The topological polar surface area (TPSA) is 110 Å². The van der Waals surface area contributed by atoms with Gasteiger partial charge in [-0.1, -0.05) is 140 Å². The highest BCUT2D eigenvalue weighted by molar-refractivity contribution is 5.80. The Bertz CT molecular complexity index is 692. The van der Waals surface area contributed by atoms with Crippen LogP contribution in [0.5, 0.6) is 0 Å². The Hall–Kier alpha value is -1.47. The van der Waals surface area contributed by atoms with E-state index in [1.54, 1.807) is 0 Å². The highest BCUT2D eigenvalue weighted by atomic mass is 16.3. The Morgan fingerprint density at radius 2 is 0.977 bits per heavy atom. The van der Waals surface area contributed by atoms with Gasteiger partial charge in [-0.3, -0.25) is 4.79 Å². The van der Waals surface area contributed by atoms with Crippen LogP contribution in [0.1, 0.15) is 162 Å². The molecule has 0 aliphatic rings. The molecule has 5 N–H and O–H groups in total. The van der Waals surface area contributed by atoms with Crippen molar-refractivity contribution in [2.24, 2.45) is 0 Å². The maximum absolute atomic E-state index is 12.4. The normalized spacial score (nSPS) is 15.0. The number of carbonyl (C=O) groups is 1. The van der Waals surface area contributed by atoms with E-state index in [-0.39, 0.29) is 0 Å². The Morgan fingerprint density at radius 1 is 0.558 bits per heavy atom. The first-order valence-corrected chi connectivity index (χ1v) is 17.9. The maximum Gasteiger partial charge on any atom is 0.249 e. The van der Waals surface area contributed by atoms with Gasteiger partial charge in [0.25, 0.3) is 0 Å². The Balaban J connectivity index is 3.94. The second-order valence-corrected chi connectivity index (χ2v) is 12.2. The summed E-state index contributed by atoms with van der Waals surface area (Å²) in [5.41, 5.74) is 0. The zero-order valence-corrected chi connectivity index (χ0v) is 27.9. The Morgan fingerprint density at radius 3 is 1.44 bits per heavy atom. The average Bonchev–Trinajstić information content (AvgIpc) is 3.01. The molecular weight excluding hydrogens is 538 g/mol. The van der Waals surface area contributed by atoms with Gasteiger partial charge in [-0.2, -0.15) is 0 Å². The third-order valence-electron chi connectivity index (χ3n) is 8.06. The highest BCUT2D eigenvalue weighted by Gasteiger charge is 2.28. The summed E-state index contributed by atoms with van der Waals surface area (Å²) in [5.74, 6) is -0.603. The molecule has 0 radical (unpaired) electrons. The first kappa shape index (κ1) is 41.5. The van der Waals surface area contributed by atoms with Crippen molar-refractivity contribution >= 4 is 5.91 Å². The molecule has 0 rings (SSSR count). The molecule has 6 nitrogen and oxygen atoms in total. The fourth-order valence-corrected chi connectivity index (χ4v) is 5.13. The van der Waals surface area contributed by atoms with Crippen molar-refractivity contribution in [3.8, 4) is 0 Å². The van der Waals surface area contributed by atoms with Crippen molar-refractivity contribution in [2.75, 3.05) is 6.61 Å². The number of hydrogen-bond acceptors (Lipinski definition) is 5. The summed E-state index contributed by atoms with van der Waals surface area (Å²) in [5, 5.41) is 43.3. The molecule has 43 heavy (non-hydrogen) atoms. The van der Waals surface area contributed by atoms with Gasteiger partial charge < -0.3 is 25.7 Å². The third kappa shape index (κ3) is 26.6. The van der Waals surface area contributed by atoms with E-state index in [9.17, 15) is 25.2 Å². The Labute approximate surface area is 265 Å². The highest BCUT2D eigenvalue weighted by Crippen LogP contribution is 2.14. The molecule has 6 heteroatoms. The molecule has 0 saturated carbocycles. The van der Waals surface area contributed by atoms with Crippen molar-refractivity contribution in [3.63, 3.8) is 0 Å². The minimum atomic E-state index is -1.29. The molecule has 4 atom stereocenters. The van der Waals surface area contributed by atoms with Crippen LogP contribution in [0.15, 0.2) is 36.5 Å². The quantitative estimate of drug-likeness (QED) is 0.0403. The Kier molecular flexibility index (Phi) is 30.8. The van der Waals surface area contributed by atoms with Crippen molar-refractivity contribution in [1.82, 2.24) is 5.32 Å². The molecular formula is C37H69NO5. The van der Waals surface area contributed by atoms with Crippen molar-refractivity contribution in [3.05, 3.63) is 36.5 Å². The molecule has 0 heterocycles. The smallest absolute Gasteiger partial charge is 0.249 e. The molecule has 0 fully saturated rings. The van der Waals surface area contributed by atoms with E-state index in [2.05, 4.69) is 55.6 Å². The van der Waals surface area contributed by atoms with Crippen LogP contribution in [-0.2, 0) is 4.79 Å². The van der Waals surface area contributed by atoms with E-state index in [1.807, 2.05) is 0 Å². The van der Waals surface area contributed by atoms with Gasteiger partial charge in [-0.25, -0.2) is 0 Å². The molecule has 4 unspecified atom stereocenters. The molecule has 0 bridgehead atoms. The number of aliphatic hydroxyl groups is 4. The lowest BCUT2D eigenvalue weighted by molar-refractivity contribution is -0.132. The van der Waals surface area contributed by atoms with E-state index in [4.69, 9.17) is 0 Å². The van der Waals surface area contributed by atoms with Gasteiger partial charge in [0.2, 0.25) is 5.91 Å². The summed E-state index contributed by atoms with van der Waals surface area (Å²) in [7, 11) is 0. The van der Waals surface area contributed by atoms with Crippen LogP contribution in [0.25, 0.3) is 0 Å². The van der Waals surface area contributed by atoms with Crippen LogP contribution in [0.4, 0.5) is 0 Å². The monoisotopic (exact) mass is 608 g/mol. The second-order valence-electron chi connectivity index (χ2n) is 12.2. The standard InChI is InChI=1S/C37H69NO5/c1-3-5-7-9-11-13-15-17-18-19-21-22-24-26-28-30-34(40)36(42)33(32-39)38-37(43)35(41)31-29-27-25-23-20-16-14-12-10-8-6-4-2/h9,11,17-18,22,24,33-36,39-42H,3-8,10,12-16,19-21,23,25-32H2,1-2H3,(H,38,43)/b11-9+,18-17+,24-22+. The minimum absolute atomic E-state index is 0.360. The number of rotatable bonds is 31. The molecule has 0 aliphatic heterocycles. The van der Waals surface area contributed by atoms with E-state index >= 15 is 0 Å². The van der Waals surface area contributed by atoms with Crippen LogP contribution in [-0.4, -0.2) is 57.3 Å². The van der Waals surface area contributed by atoms with E-state index in [1.165, 1.54) is 77.0 Å². The first-order valence-electron chi connectivity index (χ1n) is 17.9. The van der Waals surface area contributed by atoms with Crippen molar-refractivity contribution in [1.29, 1.82) is 0 Å². The summed E-state index contributed by atoms with van der Waals surface area (Å²) in [6.07, 6.45) is 34.4. The number of allylic oxidation sites excluding steroid dienone is 6. The van der Waals surface area contributed by atoms with Crippen LogP contribution < -0.4 is 5.32 Å². The van der Waals surface area contributed by atoms with Gasteiger partial charge >= 0.3 is 0 Å². The number of amides is 1. The third-order valence-corrected chi connectivity index (χ3v) is 8.06. The molecule has 0 saturated heterocycles. The number of carbonyl (C=O) groups excluding carboxylic acids is 1. The number of hydrogen-bond donors (Lipinski definition) is 5. The lowest BCUT2D eigenvalue weighted by Crippen LogP contribution is -2.53. The first-order chi connectivity index (χ1) is 21.0. The zero-order valence-electron chi connectivity index (χ0n) is 27.9. The van der Waals surface area contributed by atoms with E-state index in [0.29, 0.717) is 19.3 Å². The number of aliphatic hydroxyl groups excluding tert-OH is 4. The van der Waals surface area contributed by atoms with Crippen LogP contribution in [0.2, 0.25) is 0 Å². The van der Waals surface area contributed by atoms with Gasteiger partial charge in [0.1, 0.15) is 12.2 Å². The predicted octanol–water partition coefficient (Wildman–Crippen LogP) is 8.23. The molecule has 0 aliphatic carbocycles. The summed E-state index contributed by atoms with van der Waals surface area (Å²) in [4.78, 5) is 12.4. The summed E-state index contributed by atoms with van der Waals surface area (Å²) < 4.78 is 0. The molecule has 0 spiro atoms. The lowest BCUT2D eigenvalue weighted by Gasteiger charge is -2.27. The average molecular weight is 608 g/mol. The van der Waals surface area contributed by atoms with E-state index < -0.39 is 36.9 Å². The van der Waals surface area contributed by atoms with Crippen molar-refractivity contribution in [2.45, 2.75) is 186 Å². The van der Waals surface area contributed by atoms with Gasteiger partial charge in [0, 0.05) is 0 Å². The molecule has 0 aromatic heterocycles. The summed E-state index contributed by atoms with van der Waals surface area (Å²) >= 11 is 0. The van der Waals surface area contributed by atoms with Crippen LogP contribution in [0, 0.1) is 0 Å². The van der Waals surface area contributed by atoms with Gasteiger partial charge in [-0.05, 0) is 57.8 Å². The fourth-order valence-electron chi connectivity index (χ4n) is 5.13. The van der Waals surface area contributed by atoms with Gasteiger partial charge in [0.05, 0.1) is 18.8 Å². The number of nitrogens with one attached hydrogen (secondary N) is 1. The molecule has 0 aromatic rings. The largest absolute Gasteiger partial charge is 0.394 e. The molecule has 1 amide bonds. The SMILES string of the molecule is CCCC/C=C/CC/C=C/CC/C=C/CCCC(O)C(O)C(CO)NC(=O)C(O)CCCCCCCCCCCCCC. The predicted molar refractivity (Wildman–Crippen MR) is 182 cm³/mol. The lowest BCUT2D eigenvalue weighted by atomic mass is 10.00. The van der Waals surface area contributed by atoms with Crippen molar-refractivity contribution < 1.29 is 25.2 Å². The van der Waals surface area contributed by atoms with Gasteiger partial charge in [-0.15, -0.1) is 0 Å². The maximum atomic E-state index is 12.4. The van der Waals surface area contributed by atoms with Crippen LogP contribution >= 0.6 is 0 Å². The fraction of sp³-hybridized carbons (Fsp3) is 0.811. The van der Waals surface area contributed by atoms with Gasteiger partial charge in [0.15, 0.2) is 0 Å². The molecule has 252 valence electrons. The second kappa shape index (κ2) is 31.9. The van der Waals surface area contributed by atoms with E-state index in [0.717, 1.165) is 51.4 Å². The minimum Gasteiger partial charge on any atom is -0.394 e. The summed E-state index contributed by atoms with van der Waals surface area (Å²) in [6.45, 7) is 3.95. The molecule has 0 aromatic carbocycles. The number of unbranched alkanes of at least 4 members (excludes halogenated alkanes) is 16. The zero-order chi connectivity index (χ0) is 31.8. The van der Waals surface area contributed by atoms with Crippen LogP contribution in [0.3, 0.4) is 0 Å².